The van der Waals surface area contributed by atoms with Gasteiger partial charge in [0.1, 0.15) is 0 Å². The van der Waals surface area contributed by atoms with Crippen LogP contribution in [0, 0.1) is 5.41 Å². The van der Waals surface area contributed by atoms with Crippen molar-refractivity contribution in [3.05, 3.63) is 29.8 Å². The lowest BCUT2D eigenvalue weighted by Gasteiger charge is -2.30. The molecule has 0 saturated heterocycles. The molecule has 0 aromatic heterocycles. The van der Waals surface area contributed by atoms with Crippen molar-refractivity contribution < 1.29 is 14.1 Å². The van der Waals surface area contributed by atoms with E-state index in [9.17, 15) is 14.1 Å². The zero-order chi connectivity index (χ0) is 16.3. The summed E-state index contributed by atoms with van der Waals surface area (Å²) in [5.74, 6) is -0.131. The highest BCUT2D eigenvalue weighted by molar-refractivity contribution is 7.85. The SMILES string of the molecule is CC(C)S(=O)c1ccc(C(=O)NC2CCCC2(C)CO)cc1. The van der Waals surface area contributed by atoms with E-state index in [1.807, 2.05) is 20.8 Å². The predicted octanol–water partition coefficient (Wildman–Crippen LogP) is 2.48. The Labute approximate surface area is 134 Å². The number of benzene rings is 1. The number of hydrogen-bond donors (Lipinski definition) is 2. The lowest BCUT2D eigenvalue weighted by atomic mass is 9.85. The fraction of sp³-hybridized carbons (Fsp3) is 0.588. The van der Waals surface area contributed by atoms with E-state index in [0.717, 1.165) is 24.2 Å². The third-order valence-electron chi connectivity index (χ3n) is 4.53. The summed E-state index contributed by atoms with van der Waals surface area (Å²) in [6, 6.07) is 6.96. The molecule has 3 unspecified atom stereocenters. The summed E-state index contributed by atoms with van der Waals surface area (Å²) in [7, 11) is -1.04. The molecule has 1 amide bonds. The van der Waals surface area contributed by atoms with Crippen LogP contribution in [-0.2, 0) is 10.8 Å². The second-order valence-corrected chi connectivity index (χ2v) is 8.61. The second-order valence-electron chi connectivity index (χ2n) is 6.60. The van der Waals surface area contributed by atoms with Gasteiger partial charge in [0.15, 0.2) is 0 Å². The molecule has 1 aromatic carbocycles. The normalized spacial score (nSPS) is 26.1. The molecular weight excluding hydrogens is 298 g/mol. The first-order valence-electron chi connectivity index (χ1n) is 7.80. The molecule has 1 aliphatic rings. The van der Waals surface area contributed by atoms with Gasteiger partial charge in [-0.15, -0.1) is 0 Å². The topological polar surface area (TPSA) is 66.4 Å². The van der Waals surface area contributed by atoms with Crippen LogP contribution in [0.5, 0.6) is 0 Å². The van der Waals surface area contributed by atoms with E-state index in [4.69, 9.17) is 0 Å². The molecule has 2 rings (SSSR count). The number of carbonyl (C=O) groups is 1. The number of rotatable bonds is 5. The summed E-state index contributed by atoms with van der Waals surface area (Å²) < 4.78 is 12.0. The van der Waals surface area contributed by atoms with Crippen molar-refractivity contribution in [3.8, 4) is 0 Å². The molecule has 0 radical (unpaired) electrons. The number of amides is 1. The molecular formula is C17H25NO3S. The molecule has 1 aliphatic carbocycles. The van der Waals surface area contributed by atoms with E-state index in [2.05, 4.69) is 5.32 Å². The highest BCUT2D eigenvalue weighted by atomic mass is 32.2. The van der Waals surface area contributed by atoms with Gasteiger partial charge in [-0.25, -0.2) is 0 Å². The van der Waals surface area contributed by atoms with Gasteiger partial charge in [-0.1, -0.05) is 27.2 Å². The molecule has 5 heteroatoms. The van der Waals surface area contributed by atoms with Gasteiger partial charge in [0, 0.05) is 27.2 Å². The molecule has 122 valence electrons. The molecule has 4 nitrogen and oxygen atoms in total. The van der Waals surface area contributed by atoms with Crippen molar-refractivity contribution in [1.82, 2.24) is 5.32 Å². The first-order valence-corrected chi connectivity index (χ1v) is 9.01. The minimum atomic E-state index is -1.04. The van der Waals surface area contributed by atoms with E-state index in [1.54, 1.807) is 24.3 Å². The highest BCUT2D eigenvalue weighted by Crippen LogP contribution is 2.37. The fourth-order valence-corrected chi connectivity index (χ4v) is 3.87. The number of hydrogen-bond acceptors (Lipinski definition) is 3. The average molecular weight is 323 g/mol. The fourth-order valence-electron chi connectivity index (χ4n) is 2.92. The Hall–Kier alpha value is -1.20. The second kappa shape index (κ2) is 6.92. The molecule has 0 aliphatic heterocycles. The van der Waals surface area contributed by atoms with Crippen LogP contribution in [0.1, 0.15) is 50.4 Å². The van der Waals surface area contributed by atoms with Gasteiger partial charge in [0.2, 0.25) is 0 Å². The van der Waals surface area contributed by atoms with Crippen LogP contribution in [0.2, 0.25) is 0 Å². The Kier molecular flexibility index (Phi) is 5.40. The van der Waals surface area contributed by atoms with Crippen LogP contribution < -0.4 is 5.32 Å². The van der Waals surface area contributed by atoms with Gasteiger partial charge in [-0.05, 0) is 37.1 Å². The van der Waals surface area contributed by atoms with Crippen molar-refractivity contribution in [3.63, 3.8) is 0 Å². The summed E-state index contributed by atoms with van der Waals surface area (Å²) in [5.41, 5.74) is 0.339. The van der Waals surface area contributed by atoms with Crippen LogP contribution in [-0.4, -0.2) is 33.1 Å². The molecule has 2 N–H and O–H groups in total. The predicted molar refractivity (Wildman–Crippen MR) is 88.3 cm³/mol. The largest absolute Gasteiger partial charge is 0.396 e. The van der Waals surface area contributed by atoms with Gasteiger partial charge in [0.05, 0.1) is 17.4 Å². The smallest absolute Gasteiger partial charge is 0.251 e. The average Bonchev–Trinajstić information content (AvgIpc) is 2.88. The van der Waals surface area contributed by atoms with Gasteiger partial charge in [-0.3, -0.25) is 9.00 Å². The molecule has 3 atom stereocenters. The molecule has 0 bridgehead atoms. The van der Waals surface area contributed by atoms with Crippen LogP contribution in [0.3, 0.4) is 0 Å². The first-order chi connectivity index (χ1) is 10.4. The number of aliphatic hydroxyl groups is 1. The van der Waals surface area contributed by atoms with Gasteiger partial charge < -0.3 is 10.4 Å². The van der Waals surface area contributed by atoms with E-state index in [-0.39, 0.29) is 29.2 Å². The van der Waals surface area contributed by atoms with E-state index in [1.165, 1.54) is 0 Å². The quantitative estimate of drug-likeness (QED) is 0.875. The number of carbonyl (C=O) groups excluding carboxylic acids is 1. The molecule has 1 saturated carbocycles. The molecule has 0 spiro atoms. The summed E-state index contributed by atoms with van der Waals surface area (Å²) >= 11 is 0. The minimum absolute atomic E-state index is 0.00877. The zero-order valence-corrected chi connectivity index (χ0v) is 14.3. The third-order valence-corrected chi connectivity index (χ3v) is 6.12. The number of nitrogens with one attached hydrogen (secondary N) is 1. The van der Waals surface area contributed by atoms with Crippen molar-refractivity contribution >= 4 is 16.7 Å². The standard InChI is InChI=1S/C17H25NO3S/c1-12(2)22(21)14-8-6-13(7-9-14)16(20)18-15-5-4-10-17(15,3)11-19/h6-9,12,15,19H,4-5,10-11H2,1-3H3,(H,18,20). The van der Waals surface area contributed by atoms with Gasteiger partial charge in [0.25, 0.3) is 5.91 Å². The molecule has 1 aromatic rings. The first kappa shape index (κ1) is 17.2. The van der Waals surface area contributed by atoms with Crippen LogP contribution >= 0.6 is 0 Å². The van der Waals surface area contributed by atoms with Gasteiger partial charge in [-0.2, -0.15) is 0 Å². The van der Waals surface area contributed by atoms with Crippen molar-refractivity contribution in [2.24, 2.45) is 5.41 Å². The summed E-state index contributed by atoms with van der Waals surface area (Å²) in [6.07, 6.45) is 2.85. The summed E-state index contributed by atoms with van der Waals surface area (Å²) in [6.45, 7) is 5.92. The van der Waals surface area contributed by atoms with Crippen LogP contribution in [0.15, 0.2) is 29.2 Å². The Bertz CT molecular complexity index is 556. The Balaban J connectivity index is 2.06. The lowest BCUT2D eigenvalue weighted by Crippen LogP contribution is -2.44. The monoisotopic (exact) mass is 323 g/mol. The third kappa shape index (κ3) is 3.58. The maximum atomic E-state index is 12.4. The maximum Gasteiger partial charge on any atom is 0.251 e. The van der Waals surface area contributed by atoms with Gasteiger partial charge >= 0.3 is 0 Å². The minimum Gasteiger partial charge on any atom is -0.396 e. The molecule has 0 heterocycles. The Morgan fingerprint density at radius 2 is 2.05 bits per heavy atom. The Morgan fingerprint density at radius 3 is 2.59 bits per heavy atom. The van der Waals surface area contributed by atoms with E-state index >= 15 is 0 Å². The van der Waals surface area contributed by atoms with Crippen molar-refractivity contribution in [2.75, 3.05) is 6.61 Å². The van der Waals surface area contributed by atoms with E-state index < -0.39 is 10.8 Å². The van der Waals surface area contributed by atoms with Crippen molar-refractivity contribution in [2.45, 2.75) is 56.2 Å². The Morgan fingerprint density at radius 1 is 1.41 bits per heavy atom. The van der Waals surface area contributed by atoms with Crippen molar-refractivity contribution in [1.29, 1.82) is 0 Å². The van der Waals surface area contributed by atoms with E-state index in [0.29, 0.717) is 5.56 Å². The highest BCUT2D eigenvalue weighted by Gasteiger charge is 2.39. The van der Waals surface area contributed by atoms with Crippen LogP contribution in [0.4, 0.5) is 0 Å². The molecule has 1 fully saturated rings. The van der Waals surface area contributed by atoms with Crippen LogP contribution in [0.25, 0.3) is 0 Å². The summed E-state index contributed by atoms with van der Waals surface area (Å²) in [5, 5.41) is 12.6. The lowest BCUT2D eigenvalue weighted by molar-refractivity contribution is 0.0830. The maximum absolute atomic E-state index is 12.4. The molecule has 22 heavy (non-hydrogen) atoms. The summed E-state index contributed by atoms with van der Waals surface area (Å²) in [4.78, 5) is 13.1. The number of aliphatic hydroxyl groups excluding tert-OH is 1. The zero-order valence-electron chi connectivity index (χ0n) is 13.5.